The molecular formula is C13H21ClN2O2. The summed E-state index contributed by atoms with van der Waals surface area (Å²) in [6.07, 6.45) is 4.72. The molecule has 0 aliphatic heterocycles. The standard InChI is InChI=1S/C13H21ClN2O2/c1-12(2)5-7-13(17-3,8-6-12)11-15-10(4-9-14)18-16-11/h4-9H2,1-3H3. The van der Waals surface area contributed by atoms with Gasteiger partial charge in [-0.05, 0) is 31.1 Å². The van der Waals surface area contributed by atoms with Gasteiger partial charge in [0.2, 0.25) is 11.7 Å². The highest BCUT2D eigenvalue weighted by molar-refractivity contribution is 6.17. The Bertz CT molecular complexity index is 393. The molecule has 4 nitrogen and oxygen atoms in total. The molecule has 1 aliphatic carbocycles. The lowest BCUT2D eigenvalue weighted by Crippen LogP contribution is -2.37. The molecule has 0 aromatic carbocycles. The highest BCUT2D eigenvalue weighted by atomic mass is 35.5. The van der Waals surface area contributed by atoms with Crippen LogP contribution in [-0.4, -0.2) is 23.1 Å². The molecule has 0 N–H and O–H groups in total. The van der Waals surface area contributed by atoms with Crippen molar-refractivity contribution in [2.24, 2.45) is 5.41 Å². The van der Waals surface area contributed by atoms with E-state index in [0.717, 1.165) is 25.7 Å². The zero-order chi connectivity index (χ0) is 13.2. The highest BCUT2D eigenvalue weighted by Gasteiger charge is 2.43. The Balaban J connectivity index is 2.17. The van der Waals surface area contributed by atoms with Gasteiger partial charge in [0.1, 0.15) is 5.60 Å². The molecule has 1 aromatic heterocycles. The van der Waals surface area contributed by atoms with Crippen LogP contribution in [0.3, 0.4) is 0 Å². The predicted octanol–water partition coefficient (Wildman–Crippen LogP) is 3.29. The molecule has 1 aliphatic rings. The quantitative estimate of drug-likeness (QED) is 0.789. The highest BCUT2D eigenvalue weighted by Crippen LogP contribution is 2.46. The molecule has 1 heterocycles. The topological polar surface area (TPSA) is 48.2 Å². The Morgan fingerprint density at radius 1 is 1.28 bits per heavy atom. The van der Waals surface area contributed by atoms with Crippen molar-refractivity contribution in [1.29, 1.82) is 0 Å². The van der Waals surface area contributed by atoms with Crippen LogP contribution in [0.4, 0.5) is 0 Å². The number of aromatic nitrogens is 2. The van der Waals surface area contributed by atoms with E-state index < -0.39 is 0 Å². The van der Waals surface area contributed by atoms with Gasteiger partial charge in [-0.25, -0.2) is 0 Å². The lowest BCUT2D eigenvalue weighted by Gasteiger charge is -2.40. The fourth-order valence-electron chi connectivity index (χ4n) is 2.47. The van der Waals surface area contributed by atoms with Gasteiger partial charge in [-0.3, -0.25) is 0 Å². The molecule has 1 saturated carbocycles. The van der Waals surface area contributed by atoms with Crippen LogP contribution < -0.4 is 0 Å². The van der Waals surface area contributed by atoms with Crippen molar-refractivity contribution in [3.8, 4) is 0 Å². The van der Waals surface area contributed by atoms with Gasteiger partial charge in [-0.2, -0.15) is 4.98 Å². The van der Waals surface area contributed by atoms with Crippen LogP contribution >= 0.6 is 11.6 Å². The fourth-order valence-corrected chi connectivity index (χ4v) is 2.63. The van der Waals surface area contributed by atoms with E-state index in [-0.39, 0.29) is 5.60 Å². The van der Waals surface area contributed by atoms with Crippen LogP contribution in [0.1, 0.15) is 51.2 Å². The smallest absolute Gasteiger partial charge is 0.227 e. The second kappa shape index (κ2) is 5.17. The molecule has 0 amide bonds. The Morgan fingerprint density at radius 2 is 1.94 bits per heavy atom. The summed E-state index contributed by atoms with van der Waals surface area (Å²) < 4.78 is 10.9. The molecule has 0 saturated heterocycles. The number of methoxy groups -OCH3 is 1. The van der Waals surface area contributed by atoms with Crippen LogP contribution in [0, 0.1) is 5.41 Å². The van der Waals surface area contributed by atoms with E-state index in [4.69, 9.17) is 20.9 Å². The zero-order valence-electron chi connectivity index (χ0n) is 11.3. The first kappa shape index (κ1) is 13.8. The molecule has 5 heteroatoms. The molecule has 1 fully saturated rings. The maximum atomic E-state index is 5.73. The molecule has 0 atom stereocenters. The number of hydrogen-bond acceptors (Lipinski definition) is 4. The fraction of sp³-hybridized carbons (Fsp3) is 0.846. The van der Waals surface area contributed by atoms with Crippen molar-refractivity contribution in [3.05, 3.63) is 11.7 Å². The zero-order valence-corrected chi connectivity index (χ0v) is 12.1. The van der Waals surface area contributed by atoms with E-state index in [1.54, 1.807) is 7.11 Å². The third-order valence-corrected chi connectivity index (χ3v) is 4.17. The summed E-state index contributed by atoms with van der Waals surface area (Å²) >= 11 is 5.68. The normalized spacial score (nSPS) is 22.0. The van der Waals surface area contributed by atoms with Crippen molar-refractivity contribution in [3.63, 3.8) is 0 Å². The lowest BCUT2D eigenvalue weighted by atomic mass is 9.70. The third kappa shape index (κ3) is 2.69. The number of halogens is 1. The van der Waals surface area contributed by atoms with Crippen molar-refractivity contribution >= 4 is 11.6 Å². The van der Waals surface area contributed by atoms with Gasteiger partial charge in [0, 0.05) is 19.4 Å². The summed E-state index contributed by atoms with van der Waals surface area (Å²) in [6, 6.07) is 0. The number of alkyl halides is 1. The van der Waals surface area contributed by atoms with E-state index in [0.29, 0.717) is 29.4 Å². The maximum absolute atomic E-state index is 5.73. The van der Waals surface area contributed by atoms with Gasteiger partial charge in [0.05, 0.1) is 0 Å². The first-order chi connectivity index (χ1) is 8.51. The molecule has 0 unspecified atom stereocenters. The first-order valence-electron chi connectivity index (χ1n) is 6.45. The Kier molecular flexibility index (Phi) is 3.97. The molecule has 0 spiro atoms. The van der Waals surface area contributed by atoms with Crippen molar-refractivity contribution in [2.75, 3.05) is 13.0 Å². The van der Waals surface area contributed by atoms with Gasteiger partial charge in [0.25, 0.3) is 0 Å². The minimum absolute atomic E-state index is 0.371. The van der Waals surface area contributed by atoms with E-state index in [9.17, 15) is 0 Å². The third-order valence-electron chi connectivity index (χ3n) is 3.99. The number of aryl methyl sites for hydroxylation is 1. The summed E-state index contributed by atoms with van der Waals surface area (Å²) in [5.41, 5.74) is 0.00825. The molecule has 102 valence electrons. The van der Waals surface area contributed by atoms with Crippen LogP contribution in [0.2, 0.25) is 0 Å². The number of nitrogens with zero attached hydrogens (tertiary/aromatic N) is 2. The van der Waals surface area contributed by atoms with Crippen LogP contribution in [-0.2, 0) is 16.8 Å². The van der Waals surface area contributed by atoms with E-state index in [1.807, 2.05) is 0 Å². The van der Waals surface area contributed by atoms with Crippen LogP contribution in [0.25, 0.3) is 0 Å². The summed E-state index contributed by atoms with van der Waals surface area (Å²) in [5, 5.41) is 4.08. The van der Waals surface area contributed by atoms with Gasteiger partial charge in [-0.15, -0.1) is 11.6 Å². The molecular weight excluding hydrogens is 252 g/mol. The van der Waals surface area contributed by atoms with Crippen LogP contribution in [0.5, 0.6) is 0 Å². The molecule has 2 rings (SSSR count). The van der Waals surface area contributed by atoms with Crippen molar-refractivity contribution < 1.29 is 9.26 Å². The Morgan fingerprint density at radius 3 is 2.50 bits per heavy atom. The van der Waals surface area contributed by atoms with Crippen molar-refractivity contribution in [1.82, 2.24) is 10.1 Å². The van der Waals surface area contributed by atoms with Crippen LogP contribution in [0.15, 0.2) is 4.52 Å². The summed E-state index contributed by atoms with van der Waals surface area (Å²) in [6.45, 7) is 4.59. The van der Waals surface area contributed by atoms with Crippen molar-refractivity contribution in [2.45, 2.75) is 51.6 Å². The SMILES string of the molecule is COC1(c2noc(CCCl)n2)CCC(C)(C)CC1. The average molecular weight is 273 g/mol. The largest absolute Gasteiger partial charge is 0.370 e. The average Bonchev–Trinajstić information content (AvgIpc) is 2.80. The Hall–Kier alpha value is -0.610. The molecule has 1 aromatic rings. The monoisotopic (exact) mass is 272 g/mol. The number of ether oxygens (including phenoxy) is 1. The minimum atomic E-state index is -0.371. The van der Waals surface area contributed by atoms with E-state index >= 15 is 0 Å². The number of hydrogen-bond donors (Lipinski definition) is 0. The Labute approximate surface area is 113 Å². The van der Waals surface area contributed by atoms with Gasteiger partial charge in [0.15, 0.2) is 0 Å². The van der Waals surface area contributed by atoms with Gasteiger partial charge < -0.3 is 9.26 Å². The maximum Gasteiger partial charge on any atom is 0.227 e. The van der Waals surface area contributed by atoms with Gasteiger partial charge >= 0.3 is 0 Å². The second-order valence-electron chi connectivity index (χ2n) is 5.81. The number of rotatable bonds is 4. The predicted molar refractivity (Wildman–Crippen MR) is 69.7 cm³/mol. The van der Waals surface area contributed by atoms with Gasteiger partial charge in [-0.1, -0.05) is 19.0 Å². The lowest BCUT2D eigenvalue weighted by molar-refractivity contribution is -0.0740. The molecule has 0 radical (unpaired) electrons. The first-order valence-corrected chi connectivity index (χ1v) is 6.99. The van der Waals surface area contributed by atoms with E-state index in [2.05, 4.69) is 24.0 Å². The molecule has 18 heavy (non-hydrogen) atoms. The minimum Gasteiger partial charge on any atom is -0.370 e. The second-order valence-corrected chi connectivity index (χ2v) is 6.19. The summed E-state index contributed by atoms with van der Waals surface area (Å²) in [5.74, 6) is 1.77. The summed E-state index contributed by atoms with van der Waals surface area (Å²) in [7, 11) is 1.73. The summed E-state index contributed by atoms with van der Waals surface area (Å²) in [4.78, 5) is 4.43. The van der Waals surface area contributed by atoms with E-state index in [1.165, 1.54) is 0 Å². The molecule has 0 bridgehead atoms.